The Morgan fingerprint density at radius 1 is 1.04 bits per heavy atom. The highest BCUT2D eigenvalue weighted by atomic mass is 16.5. The van der Waals surface area contributed by atoms with E-state index < -0.39 is 0 Å². The second-order valence-corrected chi connectivity index (χ2v) is 5.71. The summed E-state index contributed by atoms with van der Waals surface area (Å²) in [5.41, 5.74) is 2.94. The van der Waals surface area contributed by atoms with E-state index in [9.17, 15) is 14.4 Å². The fraction of sp³-hybridized carbons (Fsp3) is 0.105. The molecular formula is C19H13NO4. The Kier molecular flexibility index (Phi) is 3.09. The van der Waals surface area contributed by atoms with Crippen LogP contribution in [0.4, 0.5) is 0 Å². The molecule has 0 atom stereocenters. The van der Waals surface area contributed by atoms with Gasteiger partial charge in [-0.25, -0.2) is 0 Å². The summed E-state index contributed by atoms with van der Waals surface area (Å²) < 4.78 is 4.68. The molecule has 0 unspecified atom stereocenters. The maximum absolute atomic E-state index is 12.9. The molecule has 4 rings (SSSR count). The Morgan fingerprint density at radius 2 is 1.75 bits per heavy atom. The number of ether oxygens (including phenoxy) is 1. The van der Waals surface area contributed by atoms with Crippen LogP contribution in [0.1, 0.15) is 37.5 Å². The number of rotatable bonds is 2. The summed E-state index contributed by atoms with van der Waals surface area (Å²) >= 11 is 0. The van der Waals surface area contributed by atoms with Gasteiger partial charge in [0.05, 0.1) is 24.8 Å². The molecule has 118 valence electrons. The van der Waals surface area contributed by atoms with Crippen molar-refractivity contribution in [2.45, 2.75) is 6.42 Å². The third kappa shape index (κ3) is 1.98. The molecule has 24 heavy (non-hydrogen) atoms. The lowest BCUT2D eigenvalue weighted by Gasteiger charge is -2.13. The van der Waals surface area contributed by atoms with E-state index in [0.717, 1.165) is 5.56 Å². The van der Waals surface area contributed by atoms with Gasteiger partial charge in [-0.15, -0.1) is 0 Å². The molecule has 1 heterocycles. The Morgan fingerprint density at radius 3 is 2.46 bits per heavy atom. The van der Waals surface area contributed by atoms with Crippen LogP contribution >= 0.6 is 0 Å². The summed E-state index contributed by atoms with van der Waals surface area (Å²) in [4.78, 5) is 40.0. The highest BCUT2D eigenvalue weighted by Gasteiger charge is 2.32. The molecule has 1 aliphatic rings. The van der Waals surface area contributed by atoms with E-state index in [0.29, 0.717) is 33.3 Å². The largest absolute Gasteiger partial charge is 0.469 e. The quantitative estimate of drug-likeness (QED) is 0.576. The molecule has 1 aliphatic carbocycles. The molecule has 0 bridgehead atoms. The predicted octanol–water partition coefficient (Wildman–Crippen LogP) is 2.66. The van der Waals surface area contributed by atoms with E-state index in [1.54, 1.807) is 42.5 Å². The van der Waals surface area contributed by atoms with E-state index >= 15 is 0 Å². The fourth-order valence-electron chi connectivity index (χ4n) is 3.14. The molecule has 0 amide bonds. The van der Waals surface area contributed by atoms with Gasteiger partial charge in [0.2, 0.25) is 5.78 Å². The minimum absolute atomic E-state index is 0.116. The van der Waals surface area contributed by atoms with Crippen LogP contribution in [-0.4, -0.2) is 29.6 Å². The first kappa shape index (κ1) is 14.4. The van der Waals surface area contributed by atoms with E-state index in [1.807, 2.05) is 0 Å². The number of carbonyl (C=O) groups is 3. The van der Waals surface area contributed by atoms with Crippen molar-refractivity contribution < 1.29 is 19.1 Å². The van der Waals surface area contributed by atoms with Crippen LogP contribution in [0.15, 0.2) is 42.5 Å². The molecule has 5 nitrogen and oxygen atoms in total. The fourth-order valence-corrected chi connectivity index (χ4v) is 3.14. The third-order valence-electron chi connectivity index (χ3n) is 4.31. The van der Waals surface area contributed by atoms with Crippen molar-refractivity contribution in [2.24, 2.45) is 0 Å². The van der Waals surface area contributed by atoms with Crippen molar-refractivity contribution in [1.29, 1.82) is 0 Å². The first-order valence-electron chi connectivity index (χ1n) is 7.50. The van der Waals surface area contributed by atoms with Gasteiger partial charge >= 0.3 is 5.97 Å². The molecule has 5 heteroatoms. The Labute approximate surface area is 137 Å². The maximum atomic E-state index is 12.9. The number of aromatic nitrogens is 1. The molecule has 0 aliphatic heterocycles. The molecule has 0 spiro atoms. The lowest BCUT2D eigenvalue weighted by molar-refractivity contribution is -0.139. The summed E-state index contributed by atoms with van der Waals surface area (Å²) in [6.07, 6.45) is 0.116. The second kappa shape index (κ2) is 5.16. The zero-order valence-electron chi connectivity index (χ0n) is 12.9. The minimum atomic E-state index is -0.355. The smallest absolute Gasteiger partial charge is 0.309 e. The first-order chi connectivity index (χ1) is 11.6. The van der Waals surface area contributed by atoms with Crippen molar-refractivity contribution in [2.75, 3.05) is 7.11 Å². The van der Waals surface area contributed by atoms with Gasteiger partial charge in [0.1, 0.15) is 0 Å². The summed E-state index contributed by atoms with van der Waals surface area (Å²) in [5, 5.41) is 0.652. The standard InChI is InChI=1S/C19H13NO4/c1-24-15(21)9-10-6-7-14-13(8-10)16-17(20-14)19(23)12-5-3-2-4-11(12)18(16)22/h2-8,20H,9H2,1H3. The number of methoxy groups -OCH3 is 1. The second-order valence-electron chi connectivity index (χ2n) is 5.71. The van der Waals surface area contributed by atoms with E-state index in [1.165, 1.54) is 7.11 Å². The van der Waals surface area contributed by atoms with Gasteiger partial charge in [-0.3, -0.25) is 14.4 Å². The number of esters is 1. The monoisotopic (exact) mass is 319 g/mol. The molecule has 0 saturated carbocycles. The van der Waals surface area contributed by atoms with Crippen molar-refractivity contribution >= 4 is 28.4 Å². The number of hydrogen-bond donors (Lipinski definition) is 1. The molecule has 3 aromatic rings. The number of hydrogen-bond acceptors (Lipinski definition) is 4. The van der Waals surface area contributed by atoms with Gasteiger partial charge in [0, 0.05) is 22.0 Å². The molecule has 0 saturated heterocycles. The van der Waals surface area contributed by atoms with Crippen LogP contribution in [0.25, 0.3) is 10.9 Å². The van der Waals surface area contributed by atoms with Crippen LogP contribution in [0, 0.1) is 0 Å². The molecular weight excluding hydrogens is 306 g/mol. The maximum Gasteiger partial charge on any atom is 0.309 e. The predicted molar refractivity (Wildman–Crippen MR) is 87.3 cm³/mol. The Hall–Kier alpha value is -3.21. The zero-order chi connectivity index (χ0) is 16.8. The van der Waals surface area contributed by atoms with E-state index in [2.05, 4.69) is 9.72 Å². The molecule has 2 aromatic carbocycles. The SMILES string of the molecule is COC(=O)Cc1ccc2[nH]c3c(c2c1)C(=O)c1ccccc1C3=O. The van der Waals surface area contributed by atoms with Crippen molar-refractivity contribution in [3.8, 4) is 0 Å². The Balaban J connectivity index is 1.92. The average Bonchev–Trinajstić information content (AvgIpc) is 2.99. The van der Waals surface area contributed by atoms with Gasteiger partial charge < -0.3 is 9.72 Å². The summed E-state index contributed by atoms with van der Waals surface area (Å²) in [7, 11) is 1.33. The van der Waals surface area contributed by atoms with Gasteiger partial charge in [0.25, 0.3) is 0 Å². The normalized spacial score (nSPS) is 12.9. The Bertz CT molecular complexity index is 1030. The third-order valence-corrected chi connectivity index (χ3v) is 4.31. The highest BCUT2D eigenvalue weighted by molar-refractivity contribution is 6.32. The number of fused-ring (bicyclic) bond motifs is 4. The van der Waals surface area contributed by atoms with Crippen LogP contribution < -0.4 is 0 Å². The summed E-state index contributed by atoms with van der Waals surface area (Å²) in [6, 6.07) is 12.1. The number of aromatic amines is 1. The lowest BCUT2D eigenvalue weighted by atomic mass is 9.87. The number of H-pyrrole nitrogens is 1. The lowest BCUT2D eigenvalue weighted by Crippen LogP contribution is -2.20. The summed E-state index contributed by atoms with van der Waals surface area (Å²) in [5.74, 6) is -0.723. The minimum Gasteiger partial charge on any atom is -0.469 e. The molecule has 1 N–H and O–H groups in total. The zero-order valence-corrected chi connectivity index (χ0v) is 12.9. The van der Waals surface area contributed by atoms with Crippen molar-refractivity contribution in [3.63, 3.8) is 0 Å². The van der Waals surface area contributed by atoms with Crippen LogP contribution in [-0.2, 0) is 16.0 Å². The van der Waals surface area contributed by atoms with Crippen molar-refractivity contribution in [1.82, 2.24) is 4.98 Å². The number of carbonyl (C=O) groups excluding carboxylic acids is 3. The van der Waals surface area contributed by atoms with Gasteiger partial charge in [0.15, 0.2) is 5.78 Å². The van der Waals surface area contributed by atoms with Crippen LogP contribution in [0.5, 0.6) is 0 Å². The number of nitrogens with one attached hydrogen (secondary N) is 1. The first-order valence-corrected chi connectivity index (χ1v) is 7.50. The number of ketones is 2. The van der Waals surface area contributed by atoms with Gasteiger partial charge in [-0.1, -0.05) is 30.3 Å². The molecule has 0 radical (unpaired) electrons. The topological polar surface area (TPSA) is 76.2 Å². The van der Waals surface area contributed by atoms with Crippen molar-refractivity contribution in [3.05, 3.63) is 70.4 Å². The highest BCUT2D eigenvalue weighted by Crippen LogP contribution is 2.33. The van der Waals surface area contributed by atoms with E-state index in [4.69, 9.17) is 0 Å². The average molecular weight is 319 g/mol. The van der Waals surface area contributed by atoms with Crippen LogP contribution in [0.2, 0.25) is 0 Å². The van der Waals surface area contributed by atoms with Gasteiger partial charge in [-0.2, -0.15) is 0 Å². The van der Waals surface area contributed by atoms with Gasteiger partial charge in [-0.05, 0) is 17.7 Å². The number of benzene rings is 2. The van der Waals surface area contributed by atoms with E-state index in [-0.39, 0.29) is 24.0 Å². The molecule has 0 fully saturated rings. The molecule has 1 aromatic heterocycles. The summed E-state index contributed by atoms with van der Waals surface area (Å²) in [6.45, 7) is 0. The van der Waals surface area contributed by atoms with Crippen LogP contribution in [0.3, 0.4) is 0 Å².